The summed E-state index contributed by atoms with van der Waals surface area (Å²) < 4.78 is 2.09. The summed E-state index contributed by atoms with van der Waals surface area (Å²) >= 11 is 0. The molecule has 0 bridgehead atoms. The first-order valence-corrected chi connectivity index (χ1v) is 3.94. The minimum atomic E-state index is 1.01. The van der Waals surface area contributed by atoms with Gasteiger partial charge in [-0.2, -0.15) is 5.10 Å². The lowest BCUT2D eigenvalue weighted by atomic mass is 10.2. The van der Waals surface area contributed by atoms with Crippen molar-refractivity contribution >= 4 is 11.0 Å². The van der Waals surface area contributed by atoms with Gasteiger partial charge in [0, 0.05) is 13.2 Å². The van der Waals surface area contributed by atoms with Gasteiger partial charge in [-0.15, -0.1) is 5.10 Å². The van der Waals surface area contributed by atoms with Gasteiger partial charge in [-0.1, -0.05) is 0 Å². The summed E-state index contributed by atoms with van der Waals surface area (Å²) in [6, 6.07) is 0. The van der Waals surface area contributed by atoms with Crippen LogP contribution >= 0.6 is 0 Å². The molecular weight excluding hydrogens is 150 g/mol. The topological polar surface area (TPSA) is 30.7 Å². The van der Waals surface area contributed by atoms with Crippen LogP contribution in [0.5, 0.6) is 0 Å². The van der Waals surface area contributed by atoms with Crippen LogP contribution in [0.3, 0.4) is 0 Å². The lowest BCUT2D eigenvalue weighted by molar-refractivity contribution is 0.952. The number of fused-ring (bicyclic) bond motifs is 1. The molecule has 0 amide bonds. The van der Waals surface area contributed by atoms with E-state index in [1.165, 1.54) is 16.6 Å². The highest BCUT2D eigenvalue weighted by atomic mass is 15.1. The van der Waals surface area contributed by atoms with E-state index in [2.05, 4.69) is 34.8 Å². The molecule has 0 spiro atoms. The van der Waals surface area contributed by atoms with Crippen LogP contribution in [0.1, 0.15) is 11.1 Å². The Morgan fingerprint density at radius 3 is 2.67 bits per heavy atom. The molecule has 0 aliphatic heterocycles. The highest BCUT2D eigenvalue weighted by Gasteiger charge is 2.05. The number of hydrogen-bond acceptors (Lipinski definition) is 2. The minimum Gasteiger partial charge on any atom is -0.349 e. The second-order valence-electron chi connectivity index (χ2n) is 3.15. The van der Waals surface area contributed by atoms with Crippen molar-refractivity contribution in [3.8, 4) is 0 Å². The maximum atomic E-state index is 4.09. The Bertz CT molecular complexity index is 429. The predicted octanol–water partition coefficient (Wildman–Crippen LogP) is 1.59. The Morgan fingerprint density at radius 1 is 1.25 bits per heavy atom. The fraction of sp³-hybridized carbons (Fsp3) is 0.333. The van der Waals surface area contributed by atoms with Gasteiger partial charge in [0.1, 0.15) is 5.52 Å². The van der Waals surface area contributed by atoms with E-state index in [1.807, 2.05) is 7.05 Å². The minimum absolute atomic E-state index is 1.01. The van der Waals surface area contributed by atoms with Gasteiger partial charge < -0.3 is 4.57 Å². The quantitative estimate of drug-likeness (QED) is 0.587. The second-order valence-corrected chi connectivity index (χ2v) is 3.15. The maximum absolute atomic E-state index is 4.09. The molecule has 0 aliphatic carbocycles. The molecule has 2 rings (SSSR count). The summed E-state index contributed by atoms with van der Waals surface area (Å²) in [5.74, 6) is 0. The van der Waals surface area contributed by atoms with E-state index >= 15 is 0 Å². The SMILES string of the molecule is Cc1cn(C)c2c(C)cnnc12. The molecule has 2 aromatic rings. The van der Waals surface area contributed by atoms with Crippen LogP contribution < -0.4 is 0 Å². The van der Waals surface area contributed by atoms with Gasteiger partial charge in [-0.25, -0.2) is 0 Å². The van der Waals surface area contributed by atoms with Gasteiger partial charge >= 0.3 is 0 Å². The van der Waals surface area contributed by atoms with E-state index in [-0.39, 0.29) is 0 Å². The third-order valence-electron chi connectivity index (χ3n) is 2.12. The van der Waals surface area contributed by atoms with E-state index in [4.69, 9.17) is 0 Å². The number of aryl methyl sites for hydroxylation is 3. The van der Waals surface area contributed by atoms with Crippen LogP contribution in [0.15, 0.2) is 12.4 Å². The van der Waals surface area contributed by atoms with Crippen molar-refractivity contribution in [2.24, 2.45) is 7.05 Å². The molecule has 0 N–H and O–H groups in total. The fourth-order valence-corrected chi connectivity index (χ4v) is 1.60. The third-order valence-corrected chi connectivity index (χ3v) is 2.12. The van der Waals surface area contributed by atoms with Gasteiger partial charge in [-0.3, -0.25) is 0 Å². The zero-order chi connectivity index (χ0) is 8.72. The number of rotatable bonds is 0. The Labute approximate surface area is 71.0 Å². The average Bonchev–Trinajstić information content (AvgIpc) is 2.29. The summed E-state index contributed by atoms with van der Waals surface area (Å²) in [5.41, 5.74) is 4.55. The number of hydrogen-bond donors (Lipinski definition) is 0. The van der Waals surface area contributed by atoms with E-state index in [9.17, 15) is 0 Å². The molecule has 0 radical (unpaired) electrons. The van der Waals surface area contributed by atoms with Crippen LogP contribution in [0.25, 0.3) is 11.0 Å². The molecule has 0 aromatic carbocycles. The highest BCUT2D eigenvalue weighted by Crippen LogP contribution is 2.18. The van der Waals surface area contributed by atoms with Crippen molar-refractivity contribution in [2.45, 2.75) is 13.8 Å². The van der Waals surface area contributed by atoms with Crippen LogP contribution in [0, 0.1) is 13.8 Å². The molecule has 0 aliphatic rings. The summed E-state index contributed by atoms with van der Waals surface area (Å²) in [6.45, 7) is 4.10. The van der Waals surface area contributed by atoms with Crippen LogP contribution in [-0.4, -0.2) is 14.8 Å². The maximum Gasteiger partial charge on any atom is 0.114 e. The average molecular weight is 161 g/mol. The fourth-order valence-electron chi connectivity index (χ4n) is 1.60. The Kier molecular flexibility index (Phi) is 1.40. The molecule has 0 unspecified atom stereocenters. The number of nitrogens with zero attached hydrogens (tertiary/aromatic N) is 3. The molecule has 12 heavy (non-hydrogen) atoms. The van der Waals surface area contributed by atoms with Crippen molar-refractivity contribution in [2.75, 3.05) is 0 Å². The van der Waals surface area contributed by atoms with E-state index in [1.54, 1.807) is 6.20 Å². The largest absolute Gasteiger partial charge is 0.349 e. The Balaban J connectivity index is 2.99. The third kappa shape index (κ3) is 0.826. The van der Waals surface area contributed by atoms with Crippen molar-refractivity contribution in [3.05, 3.63) is 23.5 Å². The molecule has 0 fully saturated rings. The van der Waals surface area contributed by atoms with Crippen molar-refractivity contribution in [1.82, 2.24) is 14.8 Å². The van der Waals surface area contributed by atoms with Crippen molar-refractivity contribution in [1.29, 1.82) is 0 Å². The number of aromatic nitrogens is 3. The van der Waals surface area contributed by atoms with E-state index < -0.39 is 0 Å². The molecule has 62 valence electrons. The molecule has 0 atom stereocenters. The summed E-state index contributed by atoms with van der Waals surface area (Å²) in [5, 5.41) is 8.01. The lowest BCUT2D eigenvalue weighted by Gasteiger charge is -1.97. The van der Waals surface area contributed by atoms with Gasteiger partial charge in [-0.05, 0) is 25.0 Å². The molecular formula is C9H11N3. The van der Waals surface area contributed by atoms with Crippen LogP contribution in [0.4, 0.5) is 0 Å². The summed E-state index contributed by atoms with van der Waals surface area (Å²) in [6.07, 6.45) is 3.87. The zero-order valence-corrected chi connectivity index (χ0v) is 7.50. The van der Waals surface area contributed by atoms with Crippen LogP contribution in [0.2, 0.25) is 0 Å². The first-order chi connectivity index (χ1) is 5.70. The molecule has 0 saturated carbocycles. The van der Waals surface area contributed by atoms with Crippen LogP contribution in [-0.2, 0) is 7.05 Å². The Hall–Kier alpha value is -1.38. The highest BCUT2D eigenvalue weighted by molar-refractivity contribution is 5.81. The van der Waals surface area contributed by atoms with Crippen molar-refractivity contribution < 1.29 is 0 Å². The molecule has 0 saturated heterocycles. The van der Waals surface area contributed by atoms with Crippen molar-refractivity contribution in [3.63, 3.8) is 0 Å². The molecule has 3 nitrogen and oxygen atoms in total. The van der Waals surface area contributed by atoms with Gasteiger partial charge in [0.15, 0.2) is 0 Å². The smallest absolute Gasteiger partial charge is 0.114 e. The van der Waals surface area contributed by atoms with Gasteiger partial charge in [0.05, 0.1) is 11.7 Å². The monoisotopic (exact) mass is 161 g/mol. The Morgan fingerprint density at radius 2 is 2.00 bits per heavy atom. The molecule has 3 heteroatoms. The first kappa shape index (κ1) is 7.28. The lowest BCUT2D eigenvalue weighted by Crippen LogP contribution is -1.90. The zero-order valence-electron chi connectivity index (χ0n) is 7.50. The van der Waals surface area contributed by atoms with E-state index in [0.717, 1.165) is 5.52 Å². The normalized spacial score (nSPS) is 10.9. The predicted molar refractivity (Wildman–Crippen MR) is 48.0 cm³/mol. The molecule has 2 aromatic heterocycles. The standard InChI is InChI=1S/C9H11N3/c1-6-4-10-11-8-7(2)5-12(3)9(6)8/h4-5H,1-3H3. The van der Waals surface area contributed by atoms with E-state index in [0.29, 0.717) is 0 Å². The summed E-state index contributed by atoms with van der Waals surface area (Å²) in [7, 11) is 2.03. The van der Waals surface area contributed by atoms with Gasteiger partial charge in [0.25, 0.3) is 0 Å². The summed E-state index contributed by atoms with van der Waals surface area (Å²) in [4.78, 5) is 0. The first-order valence-electron chi connectivity index (χ1n) is 3.94. The molecule has 2 heterocycles. The second kappa shape index (κ2) is 2.30. The van der Waals surface area contributed by atoms with Gasteiger partial charge in [0.2, 0.25) is 0 Å².